The second-order valence-electron chi connectivity index (χ2n) is 6.58. The van der Waals surface area contributed by atoms with Crippen molar-refractivity contribution in [2.24, 2.45) is 17.8 Å². The van der Waals surface area contributed by atoms with Crippen molar-refractivity contribution < 1.29 is 0 Å². The van der Waals surface area contributed by atoms with Gasteiger partial charge in [-0.15, -0.1) is 11.3 Å². The lowest BCUT2D eigenvalue weighted by Crippen LogP contribution is -2.34. The lowest BCUT2D eigenvalue weighted by molar-refractivity contribution is 0.220. The number of nitrogens with zero attached hydrogens (tertiary/aromatic N) is 1. The first-order valence-corrected chi connectivity index (χ1v) is 9.03. The van der Waals surface area contributed by atoms with E-state index in [4.69, 9.17) is 11.6 Å². The van der Waals surface area contributed by atoms with Gasteiger partial charge in [-0.05, 0) is 56.2 Å². The molecular weight excluding hydrogens is 288 g/mol. The summed E-state index contributed by atoms with van der Waals surface area (Å²) in [5, 5.41) is 3.51. The summed E-state index contributed by atoms with van der Waals surface area (Å²) in [4.78, 5) is 3.84. The minimum atomic E-state index is 0.884. The molecule has 0 saturated heterocycles. The Bertz CT molecular complexity index is 434. The Morgan fingerprint density at radius 2 is 2.25 bits per heavy atom. The minimum Gasteiger partial charge on any atom is -0.311 e. The maximum Gasteiger partial charge on any atom is 0.0931 e. The predicted molar refractivity (Wildman–Crippen MR) is 87.5 cm³/mol. The third-order valence-corrected chi connectivity index (χ3v) is 6.26. The highest BCUT2D eigenvalue weighted by Gasteiger charge is 2.39. The second kappa shape index (κ2) is 6.78. The number of likely N-dealkylation sites (N-methyl/N-ethyl adjacent to an activating group) is 1. The lowest BCUT2D eigenvalue weighted by Gasteiger charge is -2.27. The van der Waals surface area contributed by atoms with Gasteiger partial charge >= 0.3 is 0 Å². The molecular formula is C16H25ClN2S. The van der Waals surface area contributed by atoms with E-state index >= 15 is 0 Å². The van der Waals surface area contributed by atoms with Gasteiger partial charge in [0.25, 0.3) is 0 Å². The molecule has 112 valence electrons. The van der Waals surface area contributed by atoms with E-state index in [2.05, 4.69) is 23.3 Å². The van der Waals surface area contributed by atoms with Gasteiger partial charge in [0.05, 0.1) is 4.34 Å². The topological polar surface area (TPSA) is 15.3 Å². The van der Waals surface area contributed by atoms with E-state index < -0.39 is 0 Å². The fourth-order valence-electron chi connectivity index (χ4n) is 4.02. The smallest absolute Gasteiger partial charge is 0.0931 e. The van der Waals surface area contributed by atoms with Crippen LogP contribution in [0.5, 0.6) is 0 Å². The van der Waals surface area contributed by atoms with Gasteiger partial charge in [0.1, 0.15) is 0 Å². The van der Waals surface area contributed by atoms with Crippen molar-refractivity contribution in [2.75, 3.05) is 26.7 Å². The highest BCUT2D eigenvalue weighted by Crippen LogP contribution is 2.48. The molecule has 0 amide bonds. The van der Waals surface area contributed by atoms with Gasteiger partial charge in [-0.1, -0.05) is 18.0 Å². The summed E-state index contributed by atoms with van der Waals surface area (Å²) in [5.74, 6) is 3.10. The van der Waals surface area contributed by atoms with E-state index in [1.54, 1.807) is 11.3 Å². The Morgan fingerprint density at radius 3 is 2.90 bits per heavy atom. The fourth-order valence-corrected chi connectivity index (χ4v) is 5.08. The molecule has 1 heterocycles. The summed E-state index contributed by atoms with van der Waals surface area (Å²) < 4.78 is 0.884. The fraction of sp³-hybridized carbons (Fsp3) is 0.750. The van der Waals surface area contributed by atoms with E-state index in [0.29, 0.717) is 0 Å². The Kier molecular flexibility index (Phi) is 5.03. The number of thiophene rings is 1. The van der Waals surface area contributed by atoms with Gasteiger partial charge in [0.2, 0.25) is 0 Å². The number of rotatable bonds is 7. The van der Waals surface area contributed by atoms with Crippen LogP contribution in [0.1, 0.15) is 30.6 Å². The minimum absolute atomic E-state index is 0.884. The van der Waals surface area contributed by atoms with E-state index in [1.165, 1.54) is 37.1 Å². The zero-order chi connectivity index (χ0) is 13.9. The van der Waals surface area contributed by atoms with Crippen LogP contribution in [0, 0.1) is 17.8 Å². The molecule has 2 bridgehead atoms. The van der Waals surface area contributed by atoms with Crippen LogP contribution >= 0.6 is 22.9 Å². The molecule has 1 aromatic rings. The lowest BCUT2D eigenvalue weighted by atomic mass is 9.88. The second-order valence-corrected chi connectivity index (χ2v) is 8.38. The van der Waals surface area contributed by atoms with E-state index in [1.807, 2.05) is 6.07 Å². The molecule has 2 aliphatic rings. The summed E-state index contributed by atoms with van der Waals surface area (Å²) in [6, 6.07) is 4.09. The van der Waals surface area contributed by atoms with Crippen molar-refractivity contribution in [3.63, 3.8) is 0 Å². The molecule has 2 nitrogen and oxygen atoms in total. The number of halogens is 1. The highest BCUT2D eigenvalue weighted by atomic mass is 35.5. The van der Waals surface area contributed by atoms with Crippen molar-refractivity contribution in [1.29, 1.82) is 0 Å². The van der Waals surface area contributed by atoms with E-state index in [-0.39, 0.29) is 0 Å². The molecule has 3 rings (SSSR count). The van der Waals surface area contributed by atoms with Gasteiger partial charge in [-0.2, -0.15) is 0 Å². The van der Waals surface area contributed by atoms with E-state index in [0.717, 1.165) is 41.7 Å². The largest absolute Gasteiger partial charge is 0.311 e. The molecule has 0 spiro atoms. The van der Waals surface area contributed by atoms with E-state index in [9.17, 15) is 0 Å². The van der Waals surface area contributed by atoms with Crippen molar-refractivity contribution in [3.05, 3.63) is 21.3 Å². The van der Waals surface area contributed by atoms with Gasteiger partial charge in [-0.25, -0.2) is 0 Å². The highest BCUT2D eigenvalue weighted by molar-refractivity contribution is 7.16. The van der Waals surface area contributed by atoms with Gasteiger partial charge in [-0.3, -0.25) is 0 Å². The van der Waals surface area contributed by atoms with Crippen LogP contribution in [0.15, 0.2) is 12.1 Å². The van der Waals surface area contributed by atoms with Gasteiger partial charge < -0.3 is 10.2 Å². The Labute approximate surface area is 131 Å². The van der Waals surface area contributed by atoms with Crippen LogP contribution < -0.4 is 5.32 Å². The summed E-state index contributed by atoms with van der Waals surface area (Å²) in [6.07, 6.45) is 6.03. The van der Waals surface area contributed by atoms with Crippen molar-refractivity contribution in [1.82, 2.24) is 10.2 Å². The molecule has 0 aromatic carbocycles. The molecule has 1 aromatic heterocycles. The molecule has 2 fully saturated rings. The maximum absolute atomic E-state index is 5.93. The first-order valence-electron chi connectivity index (χ1n) is 7.84. The number of hydrogen-bond donors (Lipinski definition) is 1. The Balaban J connectivity index is 1.30. The van der Waals surface area contributed by atoms with Crippen LogP contribution in [-0.4, -0.2) is 31.6 Å². The summed E-state index contributed by atoms with van der Waals surface area (Å²) in [7, 11) is 2.27. The van der Waals surface area contributed by atoms with Crippen molar-refractivity contribution in [2.45, 2.75) is 32.2 Å². The standard InChI is InChI=1S/C16H25ClN2S/c1-19(11-14-9-12-2-3-13(14)8-12)7-6-18-10-15-4-5-16(17)20-15/h4-5,12-14,18H,2-3,6-11H2,1H3. The SMILES string of the molecule is CN(CCNCc1ccc(Cl)s1)CC1CC2CCC1C2. The van der Waals surface area contributed by atoms with Crippen LogP contribution in [0.2, 0.25) is 4.34 Å². The van der Waals surface area contributed by atoms with Crippen molar-refractivity contribution >= 4 is 22.9 Å². The summed E-state index contributed by atoms with van der Waals surface area (Å²) in [6.45, 7) is 4.45. The number of hydrogen-bond acceptors (Lipinski definition) is 3. The third kappa shape index (κ3) is 3.76. The Morgan fingerprint density at radius 1 is 1.35 bits per heavy atom. The molecule has 4 heteroatoms. The monoisotopic (exact) mass is 312 g/mol. The van der Waals surface area contributed by atoms with Crippen LogP contribution in [0.3, 0.4) is 0 Å². The molecule has 2 saturated carbocycles. The third-order valence-electron chi connectivity index (χ3n) is 5.03. The zero-order valence-corrected chi connectivity index (χ0v) is 13.8. The normalized spacial score (nSPS) is 28.6. The Hall–Kier alpha value is -0.0900. The molecule has 1 N–H and O–H groups in total. The first kappa shape index (κ1) is 14.8. The molecule has 0 aliphatic heterocycles. The molecule has 20 heavy (non-hydrogen) atoms. The van der Waals surface area contributed by atoms with Crippen LogP contribution in [0.25, 0.3) is 0 Å². The summed E-state index contributed by atoms with van der Waals surface area (Å²) >= 11 is 7.60. The van der Waals surface area contributed by atoms with Crippen LogP contribution in [0.4, 0.5) is 0 Å². The average molecular weight is 313 g/mol. The molecule has 0 radical (unpaired) electrons. The van der Waals surface area contributed by atoms with Gasteiger partial charge in [0.15, 0.2) is 0 Å². The molecule has 2 aliphatic carbocycles. The number of nitrogens with one attached hydrogen (secondary N) is 1. The van der Waals surface area contributed by atoms with Crippen LogP contribution in [-0.2, 0) is 6.54 Å². The van der Waals surface area contributed by atoms with Crippen molar-refractivity contribution in [3.8, 4) is 0 Å². The summed E-state index contributed by atoms with van der Waals surface area (Å²) in [5.41, 5.74) is 0. The zero-order valence-electron chi connectivity index (χ0n) is 12.3. The quantitative estimate of drug-likeness (QED) is 0.769. The van der Waals surface area contributed by atoms with Gasteiger partial charge in [0, 0.05) is 31.1 Å². The molecule has 3 atom stereocenters. The maximum atomic E-state index is 5.93. The first-order chi connectivity index (χ1) is 9.70. The predicted octanol–water partition coefficient (Wildman–Crippen LogP) is 3.86. The number of fused-ring (bicyclic) bond motifs is 2. The molecule has 3 unspecified atom stereocenters. The average Bonchev–Trinajstić information content (AvgIpc) is 3.11.